The van der Waals surface area contributed by atoms with Gasteiger partial charge in [0.05, 0.1) is 17.4 Å². The number of nitrogens with one attached hydrogen (secondary N) is 2. The van der Waals surface area contributed by atoms with E-state index in [2.05, 4.69) is 10.6 Å². The third kappa shape index (κ3) is 2.68. The molecule has 2 amide bonds. The maximum atomic E-state index is 11.6. The SMILES string of the molecule is Cc1ccsc1C(N)c1ccc2c(c1)NC(=O)CC(=O)N2. The molecule has 2 aromatic rings. The summed E-state index contributed by atoms with van der Waals surface area (Å²) in [6, 6.07) is 7.26. The van der Waals surface area contributed by atoms with Gasteiger partial charge in [0.1, 0.15) is 6.42 Å². The molecule has 108 valence electrons. The lowest BCUT2D eigenvalue weighted by molar-refractivity contribution is -0.123. The monoisotopic (exact) mass is 301 g/mol. The van der Waals surface area contributed by atoms with Gasteiger partial charge in [0.2, 0.25) is 11.8 Å². The van der Waals surface area contributed by atoms with Gasteiger partial charge in [-0.1, -0.05) is 6.07 Å². The minimum absolute atomic E-state index is 0.167. The highest BCUT2D eigenvalue weighted by Crippen LogP contribution is 2.32. The van der Waals surface area contributed by atoms with Crippen LogP contribution in [0.1, 0.15) is 28.5 Å². The lowest BCUT2D eigenvalue weighted by Crippen LogP contribution is -2.16. The molecule has 0 spiro atoms. The van der Waals surface area contributed by atoms with Gasteiger partial charge in [0.25, 0.3) is 0 Å². The zero-order valence-electron chi connectivity index (χ0n) is 11.5. The van der Waals surface area contributed by atoms with Crippen molar-refractivity contribution in [1.82, 2.24) is 0 Å². The topological polar surface area (TPSA) is 84.2 Å². The minimum Gasteiger partial charge on any atom is -0.324 e. The highest BCUT2D eigenvalue weighted by atomic mass is 32.1. The van der Waals surface area contributed by atoms with Crippen LogP contribution in [0, 0.1) is 6.92 Å². The van der Waals surface area contributed by atoms with Crippen LogP contribution in [0.15, 0.2) is 29.6 Å². The maximum Gasteiger partial charge on any atom is 0.233 e. The fraction of sp³-hybridized carbons (Fsp3) is 0.200. The molecule has 1 unspecified atom stereocenters. The fourth-order valence-corrected chi connectivity index (χ4v) is 3.31. The zero-order valence-corrected chi connectivity index (χ0v) is 12.3. The Hall–Kier alpha value is -2.18. The minimum atomic E-state index is -0.315. The molecule has 1 aromatic heterocycles. The van der Waals surface area contributed by atoms with Crippen molar-refractivity contribution < 1.29 is 9.59 Å². The van der Waals surface area contributed by atoms with Gasteiger partial charge in [0.15, 0.2) is 0 Å². The van der Waals surface area contributed by atoms with E-state index in [9.17, 15) is 9.59 Å². The molecule has 1 aliphatic heterocycles. The van der Waals surface area contributed by atoms with Crippen LogP contribution in [-0.4, -0.2) is 11.8 Å². The first-order chi connectivity index (χ1) is 10.0. The van der Waals surface area contributed by atoms with Gasteiger partial charge in [-0.15, -0.1) is 11.3 Å². The number of amides is 2. The van der Waals surface area contributed by atoms with Crippen molar-refractivity contribution >= 4 is 34.5 Å². The molecule has 6 heteroatoms. The highest BCUT2D eigenvalue weighted by molar-refractivity contribution is 7.10. The molecule has 5 nitrogen and oxygen atoms in total. The van der Waals surface area contributed by atoms with Crippen LogP contribution < -0.4 is 16.4 Å². The summed E-state index contributed by atoms with van der Waals surface area (Å²) in [6.07, 6.45) is -0.167. The molecule has 0 fully saturated rings. The van der Waals surface area contributed by atoms with E-state index < -0.39 is 0 Å². The molecule has 0 aliphatic carbocycles. The molecule has 0 saturated heterocycles. The second-order valence-electron chi connectivity index (χ2n) is 5.02. The van der Waals surface area contributed by atoms with Gasteiger partial charge in [-0.25, -0.2) is 0 Å². The summed E-state index contributed by atoms with van der Waals surface area (Å²) in [5.74, 6) is -0.623. The number of carbonyl (C=O) groups excluding carboxylic acids is 2. The van der Waals surface area contributed by atoms with E-state index in [1.165, 1.54) is 0 Å². The van der Waals surface area contributed by atoms with Crippen LogP contribution >= 0.6 is 11.3 Å². The summed E-state index contributed by atoms with van der Waals surface area (Å²) in [5.41, 5.74) is 9.55. The first kappa shape index (κ1) is 13.8. The Morgan fingerprint density at radius 1 is 1.14 bits per heavy atom. The second-order valence-corrected chi connectivity index (χ2v) is 5.97. The number of aryl methyl sites for hydroxylation is 1. The average molecular weight is 301 g/mol. The number of thiophene rings is 1. The largest absolute Gasteiger partial charge is 0.324 e. The Bertz CT molecular complexity index is 723. The molecule has 3 rings (SSSR count). The Labute approximate surface area is 126 Å². The first-order valence-electron chi connectivity index (χ1n) is 6.58. The summed E-state index contributed by atoms with van der Waals surface area (Å²) in [6.45, 7) is 2.02. The van der Waals surface area contributed by atoms with Gasteiger partial charge in [0, 0.05) is 4.88 Å². The van der Waals surface area contributed by atoms with Crippen molar-refractivity contribution in [3.63, 3.8) is 0 Å². The third-order valence-electron chi connectivity index (χ3n) is 3.46. The summed E-state index contributed by atoms with van der Waals surface area (Å²) >= 11 is 1.61. The summed E-state index contributed by atoms with van der Waals surface area (Å²) in [7, 11) is 0. The smallest absolute Gasteiger partial charge is 0.233 e. The van der Waals surface area contributed by atoms with Crippen molar-refractivity contribution in [2.75, 3.05) is 10.6 Å². The van der Waals surface area contributed by atoms with Crippen LogP contribution in [0.25, 0.3) is 0 Å². The molecule has 1 aliphatic rings. The van der Waals surface area contributed by atoms with E-state index in [4.69, 9.17) is 5.73 Å². The summed E-state index contributed by atoms with van der Waals surface area (Å²) in [4.78, 5) is 24.2. The predicted molar refractivity (Wildman–Crippen MR) is 83.4 cm³/mol. The van der Waals surface area contributed by atoms with E-state index >= 15 is 0 Å². The Kier molecular flexibility index (Phi) is 3.48. The van der Waals surface area contributed by atoms with Crippen LogP contribution in [-0.2, 0) is 9.59 Å². The van der Waals surface area contributed by atoms with E-state index in [-0.39, 0.29) is 24.3 Å². The number of benzene rings is 1. The number of carbonyl (C=O) groups is 2. The Balaban J connectivity index is 1.98. The standard InChI is InChI=1S/C15H15N3O2S/c1-8-4-5-21-15(8)14(16)9-2-3-10-11(6-9)18-13(20)7-12(19)17-10/h2-6,14H,7,16H2,1H3,(H,17,19)(H,18,20). The van der Waals surface area contributed by atoms with Gasteiger partial charge >= 0.3 is 0 Å². The highest BCUT2D eigenvalue weighted by Gasteiger charge is 2.20. The van der Waals surface area contributed by atoms with Gasteiger partial charge in [-0.3, -0.25) is 9.59 Å². The summed E-state index contributed by atoms with van der Waals surface area (Å²) < 4.78 is 0. The Morgan fingerprint density at radius 3 is 2.52 bits per heavy atom. The number of anilines is 2. The molecule has 0 bridgehead atoms. The Morgan fingerprint density at radius 2 is 1.86 bits per heavy atom. The van der Waals surface area contributed by atoms with Crippen molar-refractivity contribution in [3.8, 4) is 0 Å². The molecule has 2 heterocycles. The third-order valence-corrected chi connectivity index (χ3v) is 4.56. The number of fused-ring (bicyclic) bond motifs is 1. The van der Waals surface area contributed by atoms with Gasteiger partial charge < -0.3 is 16.4 Å². The van der Waals surface area contributed by atoms with E-state index in [0.29, 0.717) is 11.4 Å². The fourth-order valence-electron chi connectivity index (χ4n) is 2.36. The number of rotatable bonds is 2. The summed E-state index contributed by atoms with van der Waals surface area (Å²) in [5, 5.41) is 7.45. The number of hydrogen-bond acceptors (Lipinski definition) is 4. The van der Waals surface area contributed by atoms with Crippen LogP contribution in [0.3, 0.4) is 0 Å². The second kappa shape index (κ2) is 5.31. The molecule has 1 atom stereocenters. The molecule has 21 heavy (non-hydrogen) atoms. The van der Waals surface area contributed by atoms with Gasteiger partial charge in [-0.05, 0) is 41.6 Å². The lowest BCUT2D eigenvalue weighted by atomic mass is 10.0. The lowest BCUT2D eigenvalue weighted by Gasteiger charge is -2.15. The zero-order chi connectivity index (χ0) is 15.0. The van der Waals surface area contributed by atoms with Gasteiger partial charge in [-0.2, -0.15) is 0 Å². The molecule has 0 radical (unpaired) electrons. The molecule has 1 aromatic carbocycles. The number of hydrogen-bond donors (Lipinski definition) is 3. The average Bonchev–Trinajstić information content (AvgIpc) is 2.79. The number of nitrogens with two attached hydrogens (primary N) is 1. The molecular formula is C15H15N3O2S. The quantitative estimate of drug-likeness (QED) is 0.745. The van der Waals surface area contributed by atoms with Crippen molar-refractivity contribution in [2.24, 2.45) is 5.73 Å². The van der Waals surface area contributed by atoms with Crippen molar-refractivity contribution in [3.05, 3.63) is 45.6 Å². The molecular weight excluding hydrogens is 286 g/mol. The predicted octanol–water partition coefficient (Wildman–Crippen LogP) is 2.39. The maximum absolute atomic E-state index is 11.6. The van der Waals surface area contributed by atoms with Crippen molar-refractivity contribution in [2.45, 2.75) is 19.4 Å². The first-order valence-corrected chi connectivity index (χ1v) is 7.46. The normalized spacial score (nSPS) is 15.7. The molecule has 4 N–H and O–H groups in total. The van der Waals surface area contributed by atoms with E-state index in [1.54, 1.807) is 17.4 Å². The molecule has 0 saturated carbocycles. The van der Waals surface area contributed by atoms with E-state index in [0.717, 1.165) is 16.0 Å². The van der Waals surface area contributed by atoms with Crippen LogP contribution in [0.4, 0.5) is 11.4 Å². The van der Waals surface area contributed by atoms with Crippen LogP contribution in [0.5, 0.6) is 0 Å². The van der Waals surface area contributed by atoms with E-state index in [1.807, 2.05) is 30.5 Å². The van der Waals surface area contributed by atoms with Crippen LogP contribution in [0.2, 0.25) is 0 Å². The van der Waals surface area contributed by atoms with Crippen molar-refractivity contribution in [1.29, 1.82) is 0 Å².